The van der Waals surface area contributed by atoms with Gasteiger partial charge in [-0.05, 0) is 31.2 Å². The van der Waals surface area contributed by atoms with Crippen LogP contribution in [0.1, 0.15) is 13.3 Å². The lowest BCUT2D eigenvalue weighted by Crippen LogP contribution is -2.17. The van der Waals surface area contributed by atoms with Crippen LogP contribution in [0.25, 0.3) is 0 Å². The number of halogens is 3. The summed E-state index contributed by atoms with van der Waals surface area (Å²) in [6.45, 7) is 1.26. The first kappa shape index (κ1) is 14.0. The molecule has 98 valence electrons. The molecule has 0 spiro atoms. The average molecular weight is 261 g/mol. The van der Waals surface area contributed by atoms with E-state index in [1.165, 1.54) is 19.1 Å². The first-order chi connectivity index (χ1) is 8.26. The van der Waals surface area contributed by atoms with Gasteiger partial charge in [0.15, 0.2) is 0 Å². The molecule has 1 aromatic rings. The molecule has 0 fully saturated rings. The molecule has 0 aliphatic heterocycles. The number of amides is 1. The van der Waals surface area contributed by atoms with Crippen molar-refractivity contribution in [2.24, 2.45) is 0 Å². The van der Waals surface area contributed by atoms with Crippen molar-refractivity contribution in [2.75, 3.05) is 5.32 Å². The van der Waals surface area contributed by atoms with Crippen LogP contribution in [0.2, 0.25) is 0 Å². The zero-order chi connectivity index (χ0) is 13.8. The Morgan fingerprint density at radius 2 is 1.78 bits per heavy atom. The summed E-state index contributed by atoms with van der Waals surface area (Å²) in [5.41, 5.74) is 0.288. The first-order valence-corrected chi connectivity index (χ1v) is 4.91. The first-order valence-electron chi connectivity index (χ1n) is 4.91. The van der Waals surface area contributed by atoms with Gasteiger partial charge in [-0.3, -0.25) is 9.59 Å². The van der Waals surface area contributed by atoms with Crippen molar-refractivity contribution in [3.05, 3.63) is 24.3 Å². The van der Waals surface area contributed by atoms with Gasteiger partial charge in [0.25, 0.3) is 0 Å². The summed E-state index contributed by atoms with van der Waals surface area (Å²) in [5.74, 6) is -1.21. The van der Waals surface area contributed by atoms with Gasteiger partial charge in [-0.25, -0.2) is 0 Å². The molecule has 0 saturated carbocycles. The Bertz CT molecular complexity index is 440. The Balaban J connectivity index is 2.60. The van der Waals surface area contributed by atoms with E-state index in [1.54, 1.807) is 0 Å². The number of benzene rings is 1. The minimum absolute atomic E-state index is 0.277. The fourth-order valence-electron chi connectivity index (χ4n) is 1.17. The highest BCUT2D eigenvalue weighted by Gasteiger charge is 2.30. The monoisotopic (exact) mass is 261 g/mol. The van der Waals surface area contributed by atoms with Gasteiger partial charge in [-0.15, -0.1) is 13.2 Å². The van der Waals surface area contributed by atoms with E-state index in [2.05, 4.69) is 10.1 Å². The lowest BCUT2D eigenvalue weighted by atomic mass is 10.2. The molecule has 1 N–H and O–H groups in total. The highest BCUT2D eigenvalue weighted by atomic mass is 19.4. The second kappa shape index (κ2) is 5.52. The number of ketones is 1. The van der Waals surface area contributed by atoms with Gasteiger partial charge in [0.05, 0.1) is 6.42 Å². The Hall–Kier alpha value is -2.05. The average Bonchev–Trinajstić information content (AvgIpc) is 2.17. The van der Waals surface area contributed by atoms with Crippen LogP contribution < -0.4 is 10.1 Å². The number of nitrogens with one attached hydrogen (secondary N) is 1. The third kappa shape index (κ3) is 5.33. The van der Waals surface area contributed by atoms with Crippen molar-refractivity contribution in [3.63, 3.8) is 0 Å². The van der Waals surface area contributed by atoms with E-state index in [4.69, 9.17) is 0 Å². The summed E-state index contributed by atoms with van der Waals surface area (Å²) in [7, 11) is 0. The number of Topliss-reactive ketones (excluding diaryl/α,β-unsaturated/α-hetero) is 1. The van der Waals surface area contributed by atoms with Crippen molar-refractivity contribution in [2.45, 2.75) is 19.7 Å². The van der Waals surface area contributed by atoms with Gasteiger partial charge in [0, 0.05) is 5.69 Å². The fraction of sp³-hybridized carbons (Fsp3) is 0.273. The van der Waals surface area contributed by atoms with Crippen molar-refractivity contribution in [1.82, 2.24) is 0 Å². The van der Waals surface area contributed by atoms with Crippen molar-refractivity contribution >= 4 is 17.4 Å². The highest BCUT2D eigenvalue weighted by Crippen LogP contribution is 2.23. The van der Waals surface area contributed by atoms with E-state index >= 15 is 0 Å². The second-order valence-electron chi connectivity index (χ2n) is 3.50. The molecule has 0 aromatic heterocycles. The number of ether oxygens (including phenoxy) is 1. The van der Waals surface area contributed by atoms with E-state index in [0.29, 0.717) is 0 Å². The lowest BCUT2D eigenvalue weighted by molar-refractivity contribution is -0.274. The van der Waals surface area contributed by atoms with Gasteiger partial charge in [-0.1, -0.05) is 0 Å². The van der Waals surface area contributed by atoms with E-state index in [9.17, 15) is 22.8 Å². The van der Waals surface area contributed by atoms with Crippen LogP contribution in [0.15, 0.2) is 24.3 Å². The molecule has 0 aliphatic carbocycles. The zero-order valence-electron chi connectivity index (χ0n) is 9.38. The predicted octanol–water partition coefficient (Wildman–Crippen LogP) is 2.50. The molecule has 0 aliphatic rings. The third-order valence-corrected chi connectivity index (χ3v) is 1.78. The minimum atomic E-state index is -4.75. The molecule has 0 atom stereocenters. The van der Waals surface area contributed by atoms with Crippen molar-refractivity contribution in [1.29, 1.82) is 0 Å². The number of rotatable bonds is 4. The van der Waals surface area contributed by atoms with E-state index in [1.807, 2.05) is 0 Å². The molecular weight excluding hydrogens is 251 g/mol. The van der Waals surface area contributed by atoms with Crippen molar-refractivity contribution in [3.8, 4) is 5.75 Å². The number of hydrogen-bond acceptors (Lipinski definition) is 3. The fourth-order valence-corrected chi connectivity index (χ4v) is 1.17. The molecule has 0 bridgehead atoms. The molecular formula is C11H10F3NO3. The summed E-state index contributed by atoms with van der Waals surface area (Å²) in [6.07, 6.45) is -5.03. The summed E-state index contributed by atoms with van der Waals surface area (Å²) in [6, 6.07) is 4.63. The summed E-state index contributed by atoms with van der Waals surface area (Å²) in [5, 5.41) is 2.37. The molecule has 1 rings (SSSR count). The molecule has 1 aromatic carbocycles. The summed E-state index contributed by atoms with van der Waals surface area (Å²) >= 11 is 0. The Kier molecular flexibility index (Phi) is 4.30. The second-order valence-corrected chi connectivity index (χ2v) is 3.50. The van der Waals surface area contributed by atoms with Gasteiger partial charge < -0.3 is 10.1 Å². The minimum Gasteiger partial charge on any atom is -0.406 e. The summed E-state index contributed by atoms with van der Waals surface area (Å²) in [4.78, 5) is 21.8. The standard InChI is InChI=1S/C11H10F3NO3/c1-7(16)6-10(17)15-8-2-4-9(5-3-8)18-11(12,13)14/h2-5H,6H2,1H3,(H,15,17). The molecule has 0 radical (unpaired) electrons. The normalized spacial score (nSPS) is 10.9. The molecule has 4 nitrogen and oxygen atoms in total. The van der Waals surface area contributed by atoms with Gasteiger partial charge in [0.1, 0.15) is 11.5 Å². The molecule has 7 heteroatoms. The predicted molar refractivity (Wildman–Crippen MR) is 57.1 cm³/mol. The maximum absolute atomic E-state index is 11.9. The van der Waals surface area contributed by atoms with Crippen LogP contribution in [-0.2, 0) is 9.59 Å². The molecule has 18 heavy (non-hydrogen) atoms. The Morgan fingerprint density at radius 1 is 1.22 bits per heavy atom. The van der Waals surface area contributed by atoms with Gasteiger partial charge in [-0.2, -0.15) is 0 Å². The lowest BCUT2D eigenvalue weighted by Gasteiger charge is -2.09. The van der Waals surface area contributed by atoms with Gasteiger partial charge >= 0.3 is 6.36 Å². The van der Waals surface area contributed by atoms with Crippen LogP contribution in [0.4, 0.5) is 18.9 Å². The maximum Gasteiger partial charge on any atom is 0.573 e. The molecule has 0 saturated heterocycles. The number of carbonyl (C=O) groups excluding carboxylic acids is 2. The Labute approximate surface area is 101 Å². The smallest absolute Gasteiger partial charge is 0.406 e. The van der Waals surface area contributed by atoms with Crippen LogP contribution in [-0.4, -0.2) is 18.1 Å². The van der Waals surface area contributed by atoms with E-state index in [0.717, 1.165) is 12.1 Å². The van der Waals surface area contributed by atoms with Crippen LogP contribution >= 0.6 is 0 Å². The van der Waals surface area contributed by atoms with Crippen LogP contribution in [0.3, 0.4) is 0 Å². The van der Waals surface area contributed by atoms with Crippen LogP contribution in [0, 0.1) is 0 Å². The zero-order valence-corrected chi connectivity index (χ0v) is 9.38. The van der Waals surface area contributed by atoms with Gasteiger partial charge in [0.2, 0.25) is 5.91 Å². The van der Waals surface area contributed by atoms with Crippen molar-refractivity contribution < 1.29 is 27.5 Å². The number of anilines is 1. The highest BCUT2D eigenvalue weighted by molar-refractivity contribution is 6.03. The quantitative estimate of drug-likeness (QED) is 0.847. The number of hydrogen-bond donors (Lipinski definition) is 1. The SMILES string of the molecule is CC(=O)CC(=O)Nc1ccc(OC(F)(F)F)cc1. The third-order valence-electron chi connectivity index (χ3n) is 1.78. The Morgan fingerprint density at radius 3 is 2.22 bits per heavy atom. The van der Waals surface area contributed by atoms with E-state index < -0.39 is 12.3 Å². The summed E-state index contributed by atoms with van der Waals surface area (Å²) < 4.78 is 39.3. The molecule has 1 amide bonds. The number of carbonyl (C=O) groups is 2. The maximum atomic E-state index is 11.9. The van der Waals surface area contributed by atoms with Crippen LogP contribution in [0.5, 0.6) is 5.75 Å². The largest absolute Gasteiger partial charge is 0.573 e. The molecule has 0 unspecified atom stereocenters. The number of alkyl halides is 3. The van der Waals surface area contributed by atoms with E-state index in [-0.39, 0.29) is 23.6 Å². The topological polar surface area (TPSA) is 55.4 Å². The molecule has 0 heterocycles.